The van der Waals surface area contributed by atoms with Gasteiger partial charge in [0.2, 0.25) is 0 Å². The molecule has 0 spiro atoms. The van der Waals surface area contributed by atoms with Gasteiger partial charge in [-0.1, -0.05) is 90.1 Å². The van der Waals surface area contributed by atoms with Crippen molar-refractivity contribution in [2.24, 2.45) is 22.7 Å². The summed E-state index contributed by atoms with van der Waals surface area (Å²) in [5.74, 6) is 3.37. The van der Waals surface area contributed by atoms with Crippen molar-refractivity contribution in [2.45, 2.75) is 105 Å². The van der Waals surface area contributed by atoms with Crippen LogP contribution in [-0.2, 0) is 0 Å². The second kappa shape index (κ2) is 19.3. The van der Waals surface area contributed by atoms with Gasteiger partial charge in [-0.25, -0.2) is 0 Å². The maximum atomic E-state index is 11.7. The third-order valence-electron chi connectivity index (χ3n) is 10.3. The van der Waals surface area contributed by atoms with E-state index in [-0.39, 0.29) is 6.10 Å². The Bertz CT molecular complexity index is 1740. The van der Waals surface area contributed by atoms with E-state index in [1.165, 1.54) is 52.9 Å². The van der Waals surface area contributed by atoms with Crippen molar-refractivity contribution in [2.75, 3.05) is 0 Å². The molecule has 2 aliphatic rings. The van der Waals surface area contributed by atoms with Crippen molar-refractivity contribution in [1.82, 2.24) is 0 Å². The van der Waals surface area contributed by atoms with Gasteiger partial charge >= 0.3 is 49.6 Å². The summed E-state index contributed by atoms with van der Waals surface area (Å²) in [6, 6.07) is 23.0. The normalized spacial score (nSPS) is 21.2. The molecule has 278 valence electrons. The number of rotatable bonds is 5. The van der Waals surface area contributed by atoms with E-state index in [4.69, 9.17) is 45.2 Å². The van der Waals surface area contributed by atoms with Crippen molar-refractivity contribution in [3.8, 4) is 11.5 Å². The molecule has 51 heavy (non-hydrogen) atoms. The summed E-state index contributed by atoms with van der Waals surface area (Å²) in [4.78, 5) is 11.7. The van der Waals surface area contributed by atoms with Crippen LogP contribution in [0.2, 0.25) is 0 Å². The van der Waals surface area contributed by atoms with Crippen LogP contribution in [0, 0.1) is 29.8 Å². The van der Waals surface area contributed by atoms with E-state index < -0.39 is 13.9 Å². The number of benzene rings is 4. The SMILES string of the molecule is CC(C)(C)C1CCC(Oc2cc(I)c3ccccc3c2)CC1.CC(C)(C)C1CCC(Oc2cc(I)c3ccccc3c2C=O)CC1.[Cl][Sn]([Cl])([Cl])[Cl]. The fourth-order valence-corrected chi connectivity index (χ4v) is 8.87. The first-order chi connectivity index (χ1) is 23.8. The monoisotopic (exact) mass is 1100 g/mol. The zero-order valence-electron chi connectivity index (χ0n) is 30.4. The summed E-state index contributed by atoms with van der Waals surface area (Å²) in [5, 5.41) is 4.68. The topological polar surface area (TPSA) is 35.5 Å². The van der Waals surface area contributed by atoms with E-state index in [9.17, 15) is 4.79 Å². The van der Waals surface area contributed by atoms with Crippen LogP contribution in [0.1, 0.15) is 103 Å². The molecule has 0 bridgehead atoms. The zero-order chi connectivity index (χ0) is 37.6. The molecule has 6 rings (SSSR count). The number of carbonyl (C=O) groups is 1. The van der Waals surface area contributed by atoms with Gasteiger partial charge in [0.1, 0.15) is 11.5 Å². The van der Waals surface area contributed by atoms with Crippen LogP contribution < -0.4 is 9.47 Å². The van der Waals surface area contributed by atoms with Gasteiger partial charge in [0, 0.05) is 7.14 Å². The Morgan fingerprint density at radius 3 is 1.55 bits per heavy atom. The van der Waals surface area contributed by atoms with Crippen LogP contribution in [0.15, 0.2) is 66.7 Å². The maximum absolute atomic E-state index is 11.7. The number of hydrogen-bond donors (Lipinski definition) is 0. The fraction of sp³-hybridized carbons (Fsp3) is 0.488. The van der Waals surface area contributed by atoms with Crippen LogP contribution in [0.5, 0.6) is 11.5 Å². The first-order valence-electron chi connectivity index (χ1n) is 17.8. The van der Waals surface area contributed by atoms with Gasteiger partial charge in [0.25, 0.3) is 0 Å². The molecule has 2 fully saturated rings. The number of carbonyl (C=O) groups excluding carboxylic acids is 1. The molecule has 0 radical (unpaired) electrons. The third-order valence-corrected chi connectivity index (χ3v) is 12.1. The van der Waals surface area contributed by atoms with Gasteiger partial charge in [0.05, 0.1) is 17.8 Å². The first kappa shape index (κ1) is 43.8. The van der Waals surface area contributed by atoms with Crippen molar-refractivity contribution < 1.29 is 14.3 Å². The Labute approximate surface area is 351 Å². The summed E-state index contributed by atoms with van der Waals surface area (Å²) in [7, 11) is 20.1. The van der Waals surface area contributed by atoms with Gasteiger partial charge < -0.3 is 9.47 Å². The number of aldehydes is 1. The van der Waals surface area contributed by atoms with Crippen molar-refractivity contribution in [3.63, 3.8) is 0 Å². The van der Waals surface area contributed by atoms with E-state index in [0.717, 1.165) is 56.8 Å². The second-order valence-corrected chi connectivity index (χ2v) is 43.7. The summed E-state index contributed by atoms with van der Waals surface area (Å²) in [5.41, 5.74) is 1.49. The van der Waals surface area contributed by atoms with E-state index in [1.807, 2.05) is 24.3 Å². The minimum atomic E-state index is -3.29. The van der Waals surface area contributed by atoms with Gasteiger partial charge in [-0.05, 0) is 159 Å². The Morgan fingerprint density at radius 2 is 1.06 bits per heavy atom. The number of ether oxygens (including phenoxy) is 2. The standard InChI is InChI=1S/C21H25IO2.C20H25IO.4ClH.Sn/c1-21(2,3)14-8-10-15(11-9-14)24-20-12-19(22)17-7-5-4-6-16(17)18(20)13-23;1-20(2,3)15-8-10-16(11-9-15)22-17-12-14-6-4-5-7-18(14)19(21)13-17;;;;;/h4-7,12-15H,8-11H2,1-3H3;4-7,12-13,15-16H,8-11H2,1-3H3;4*1H;/q;;;;;;+4/p-4. The van der Waals surface area contributed by atoms with Crippen molar-refractivity contribution in [1.29, 1.82) is 0 Å². The van der Waals surface area contributed by atoms with E-state index in [2.05, 4.69) is 129 Å². The Morgan fingerprint density at radius 1 is 0.627 bits per heavy atom. The molecule has 0 N–H and O–H groups in total. The average molecular weight is 1110 g/mol. The number of halogens is 6. The van der Waals surface area contributed by atoms with Crippen LogP contribution in [0.3, 0.4) is 0 Å². The predicted octanol–water partition coefficient (Wildman–Crippen LogP) is 15.0. The van der Waals surface area contributed by atoms with Gasteiger partial charge in [-0.2, -0.15) is 0 Å². The van der Waals surface area contributed by atoms with E-state index >= 15 is 0 Å². The average Bonchev–Trinajstić information content (AvgIpc) is 3.04. The molecule has 0 aromatic heterocycles. The molecule has 10 heteroatoms. The van der Waals surface area contributed by atoms with Crippen molar-refractivity contribution in [3.05, 3.63) is 79.4 Å². The molecule has 0 heterocycles. The van der Waals surface area contributed by atoms with Crippen LogP contribution in [0.25, 0.3) is 21.5 Å². The van der Waals surface area contributed by atoms with Crippen molar-refractivity contribution >= 4 is 123 Å². The Kier molecular flexibility index (Phi) is 16.6. The molecule has 4 aromatic rings. The van der Waals surface area contributed by atoms with Crippen LogP contribution >= 0.6 is 80.9 Å². The minimum absolute atomic E-state index is 0.222. The van der Waals surface area contributed by atoms with Crippen LogP contribution in [-0.4, -0.2) is 32.4 Å². The van der Waals surface area contributed by atoms with E-state index in [1.54, 1.807) is 0 Å². The quantitative estimate of drug-likeness (QED) is 0.113. The Balaban J connectivity index is 0.000000203. The number of hydrogen-bond acceptors (Lipinski definition) is 3. The van der Waals surface area contributed by atoms with Gasteiger partial charge in [-0.3, -0.25) is 4.79 Å². The molecule has 0 unspecified atom stereocenters. The van der Waals surface area contributed by atoms with Gasteiger partial charge in [0.15, 0.2) is 6.29 Å². The molecular formula is C41H50Cl4I2O3Sn. The molecular weight excluding hydrogens is 1050 g/mol. The summed E-state index contributed by atoms with van der Waals surface area (Å²) in [6.07, 6.45) is 11.1. The molecule has 0 saturated heterocycles. The molecule has 0 aliphatic heterocycles. The summed E-state index contributed by atoms with van der Waals surface area (Å²) < 4.78 is 15.0. The first-order valence-corrected chi connectivity index (χ1v) is 34.4. The molecule has 0 amide bonds. The predicted molar refractivity (Wildman–Crippen MR) is 240 cm³/mol. The summed E-state index contributed by atoms with van der Waals surface area (Å²) >= 11 is 1.45. The molecule has 4 aromatic carbocycles. The molecule has 3 nitrogen and oxygen atoms in total. The molecule has 2 aliphatic carbocycles. The van der Waals surface area contributed by atoms with Crippen LogP contribution in [0.4, 0.5) is 0 Å². The Hall–Kier alpha value is 0.0887. The molecule has 2 saturated carbocycles. The number of fused-ring (bicyclic) bond motifs is 2. The van der Waals surface area contributed by atoms with Gasteiger partial charge in [-0.15, -0.1) is 0 Å². The molecule has 0 atom stereocenters. The fourth-order valence-electron chi connectivity index (χ4n) is 7.32. The summed E-state index contributed by atoms with van der Waals surface area (Å²) in [6.45, 7) is 14.1. The third kappa shape index (κ3) is 13.7. The van der Waals surface area contributed by atoms with E-state index in [0.29, 0.717) is 22.5 Å². The zero-order valence-corrected chi connectivity index (χ0v) is 40.6. The second-order valence-electron chi connectivity index (χ2n) is 15.9.